The molecular formula is C12H8N2O3S. The Balaban J connectivity index is 2.00. The first kappa shape index (κ1) is 10.8. The van der Waals surface area contributed by atoms with E-state index in [1.807, 2.05) is 17.5 Å². The first-order valence-electron chi connectivity index (χ1n) is 5.14. The van der Waals surface area contributed by atoms with Gasteiger partial charge in [0, 0.05) is 5.56 Å². The molecule has 6 heteroatoms. The highest BCUT2D eigenvalue weighted by atomic mass is 32.1. The van der Waals surface area contributed by atoms with Crippen LogP contribution in [0.4, 0.5) is 0 Å². The number of nitrogens with zero attached hydrogens (tertiary/aromatic N) is 2. The number of rotatable bonds is 2. The molecule has 1 aromatic carbocycles. The van der Waals surface area contributed by atoms with Gasteiger partial charge < -0.3 is 14.7 Å². The molecule has 3 aromatic rings. The summed E-state index contributed by atoms with van der Waals surface area (Å²) in [4.78, 5) is 5.14. The Kier molecular flexibility index (Phi) is 2.49. The van der Waals surface area contributed by atoms with Crippen LogP contribution in [0.25, 0.3) is 22.2 Å². The van der Waals surface area contributed by atoms with Crippen LogP contribution in [-0.2, 0) is 0 Å². The van der Waals surface area contributed by atoms with Gasteiger partial charge in [0.2, 0.25) is 5.82 Å². The molecule has 0 saturated carbocycles. The summed E-state index contributed by atoms with van der Waals surface area (Å²) in [5.74, 6) is 0.404. The van der Waals surface area contributed by atoms with E-state index in [1.165, 1.54) is 23.5 Å². The number of hydrogen-bond acceptors (Lipinski definition) is 6. The van der Waals surface area contributed by atoms with Crippen molar-refractivity contribution in [3.8, 4) is 33.7 Å². The normalized spacial score (nSPS) is 10.7. The summed E-state index contributed by atoms with van der Waals surface area (Å²) in [6.07, 6.45) is 0. The van der Waals surface area contributed by atoms with E-state index >= 15 is 0 Å². The molecule has 0 aliphatic heterocycles. The monoisotopic (exact) mass is 260 g/mol. The van der Waals surface area contributed by atoms with Crippen molar-refractivity contribution in [3.63, 3.8) is 0 Å². The zero-order chi connectivity index (χ0) is 12.5. The van der Waals surface area contributed by atoms with Gasteiger partial charge in [-0.05, 0) is 29.6 Å². The van der Waals surface area contributed by atoms with E-state index in [9.17, 15) is 10.2 Å². The first-order chi connectivity index (χ1) is 8.74. The zero-order valence-corrected chi connectivity index (χ0v) is 9.89. The van der Waals surface area contributed by atoms with Gasteiger partial charge >= 0.3 is 0 Å². The van der Waals surface area contributed by atoms with E-state index < -0.39 is 0 Å². The minimum absolute atomic E-state index is 0.184. The molecule has 0 bridgehead atoms. The lowest BCUT2D eigenvalue weighted by atomic mass is 10.2. The molecule has 0 spiro atoms. The quantitative estimate of drug-likeness (QED) is 0.692. The molecule has 18 heavy (non-hydrogen) atoms. The van der Waals surface area contributed by atoms with Crippen molar-refractivity contribution in [1.82, 2.24) is 10.1 Å². The second-order valence-electron chi connectivity index (χ2n) is 3.60. The Morgan fingerprint density at radius 2 is 2.00 bits per heavy atom. The van der Waals surface area contributed by atoms with Crippen LogP contribution < -0.4 is 0 Å². The van der Waals surface area contributed by atoms with Gasteiger partial charge in [0.25, 0.3) is 5.89 Å². The molecule has 3 rings (SSSR count). The van der Waals surface area contributed by atoms with Crippen LogP contribution in [0.3, 0.4) is 0 Å². The molecule has 90 valence electrons. The van der Waals surface area contributed by atoms with Gasteiger partial charge in [-0.3, -0.25) is 0 Å². The summed E-state index contributed by atoms with van der Waals surface area (Å²) in [6, 6.07) is 8.15. The van der Waals surface area contributed by atoms with Crippen LogP contribution in [0.1, 0.15) is 0 Å². The fraction of sp³-hybridized carbons (Fsp3) is 0. The smallest absolute Gasteiger partial charge is 0.258 e. The number of thiophene rings is 1. The van der Waals surface area contributed by atoms with Crippen molar-refractivity contribution in [2.45, 2.75) is 0 Å². The third-order valence-electron chi connectivity index (χ3n) is 2.39. The predicted octanol–water partition coefficient (Wildman–Crippen LogP) is 2.88. The third kappa shape index (κ3) is 1.82. The minimum Gasteiger partial charge on any atom is -0.504 e. The van der Waals surface area contributed by atoms with Crippen LogP contribution in [-0.4, -0.2) is 20.4 Å². The highest BCUT2D eigenvalue weighted by Gasteiger charge is 2.12. The topological polar surface area (TPSA) is 79.4 Å². The molecule has 0 atom stereocenters. The van der Waals surface area contributed by atoms with Gasteiger partial charge in [0.15, 0.2) is 11.5 Å². The van der Waals surface area contributed by atoms with Crippen molar-refractivity contribution >= 4 is 11.3 Å². The van der Waals surface area contributed by atoms with Crippen LogP contribution in [0.2, 0.25) is 0 Å². The Morgan fingerprint density at radius 3 is 2.72 bits per heavy atom. The molecule has 2 aromatic heterocycles. The largest absolute Gasteiger partial charge is 0.504 e. The summed E-state index contributed by atoms with van der Waals surface area (Å²) < 4.78 is 5.12. The van der Waals surface area contributed by atoms with Gasteiger partial charge in [-0.15, -0.1) is 11.3 Å². The molecule has 5 nitrogen and oxygen atoms in total. The number of aromatic hydroxyl groups is 2. The molecule has 0 saturated heterocycles. The van der Waals surface area contributed by atoms with Gasteiger partial charge in [-0.1, -0.05) is 11.2 Å². The van der Waals surface area contributed by atoms with E-state index in [1.54, 1.807) is 6.07 Å². The van der Waals surface area contributed by atoms with Crippen LogP contribution >= 0.6 is 11.3 Å². The molecular weight excluding hydrogens is 252 g/mol. The molecule has 0 amide bonds. The van der Waals surface area contributed by atoms with Gasteiger partial charge in [-0.25, -0.2) is 0 Å². The average molecular weight is 260 g/mol. The van der Waals surface area contributed by atoms with Gasteiger partial charge in [0.1, 0.15) is 0 Å². The zero-order valence-electron chi connectivity index (χ0n) is 9.07. The summed E-state index contributed by atoms with van der Waals surface area (Å²) in [5.41, 5.74) is 0.556. The maximum Gasteiger partial charge on any atom is 0.258 e. The highest BCUT2D eigenvalue weighted by Crippen LogP contribution is 2.31. The van der Waals surface area contributed by atoms with Crippen LogP contribution in [0, 0.1) is 0 Å². The van der Waals surface area contributed by atoms with E-state index in [4.69, 9.17) is 4.52 Å². The molecule has 0 fully saturated rings. The number of phenols is 2. The van der Waals surface area contributed by atoms with Crippen molar-refractivity contribution in [2.24, 2.45) is 0 Å². The maximum atomic E-state index is 9.41. The Hall–Kier alpha value is -2.34. The molecule has 0 aliphatic carbocycles. The number of benzene rings is 1. The van der Waals surface area contributed by atoms with E-state index in [0.717, 1.165) is 4.88 Å². The summed E-state index contributed by atoms with van der Waals surface area (Å²) in [7, 11) is 0. The lowest BCUT2D eigenvalue weighted by molar-refractivity contribution is 0.402. The lowest BCUT2D eigenvalue weighted by Crippen LogP contribution is -1.78. The van der Waals surface area contributed by atoms with Crippen molar-refractivity contribution in [1.29, 1.82) is 0 Å². The second kappa shape index (κ2) is 4.15. The third-order valence-corrected chi connectivity index (χ3v) is 3.26. The molecule has 0 unspecified atom stereocenters. The summed E-state index contributed by atoms with van der Waals surface area (Å²) in [5, 5.41) is 24.4. The second-order valence-corrected chi connectivity index (χ2v) is 4.55. The van der Waals surface area contributed by atoms with Crippen LogP contribution in [0.15, 0.2) is 40.2 Å². The molecule has 2 N–H and O–H groups in total. The Labute approximate surface area is 106 Å². The van der Waals surface area contributed by atoms with Crippen molar-refractivity contribution in [2.75, 3.05) is 0 Å². The first-order valence-corrected chi connectivity index (χ1v) is 6.02. The van der Waals surface area contributed by atoms with Crippen molar-refractivity contribution < 1.29 is 14.7 Å². The Morgan fingerprint density at radius 1 is 1.11 bits per heavy atom. The standard InChI is InChI=1S/C12H8N2O3S/c15-8-4-3-7(6-9(8)16)12-13-11(14-17-12)10-2-1-5-18-10/h1-6,15-16H. The lowest BCUT2D eigenvalue weighted by Gasteiger charge is -1.98. The van der Waals surface area contributed by atoms with Crippen molar-refractivity contribution in [3.05, 3.63) is 35.7 Å². The highest BCUT2D eigenvalue weighted by molar-refractivity contribution is 7.13. The fourth-order valence-corrected chi connectivity index (χ4v) is 2.15. The molecule has 2 heterocycles. The number of aromatic nitrogens is 2. The Bertz CT molecular complexity index is 676. The van der Waals surface area contributed by atoms with Gasteiger partial charge in [0.05, 0.1) is 4.88 Å². The SMILES string of the molecule is Oc1ccc(-c2nc(-c3cccs3)no2)cc1O. The van der Waals surface area contributed by atoms with E-state index in [-0.39, 0.29) is 11.5 Å². The minimum atomic E-state index is -0.219. The predicted molar refractivity (Wildman–Crippen MR) is 66.4 cm³/mol. The maximum absolute atomic E-state index is 9.41. The van der Waals surface area contributed by atoms with Gasteiger partial charge in [-0.2, -0.15) is 4.98 Å². The van der Waals surface area contributed by atoms with E-state index in [0.29, 0.717) is 17.3 Å². The average Bonchev–Trinajstić information content (AvgIpc) is 3.01. The number of phenolic OH excluding ortho intramolecular Hbond substituents is 2. The number of hydrogen-bond donors (Lipinski definition) is 2. The van der Waals surface area contributed by atoms with E-state index in [2.05, 4.69) is 10.1 Å². The van der Waals surface area contributed by atoms with Crippen LogP contribution in [0.5, 0.6) is 11.5 Å². The fourth-order valence-electron chi connectivity index (χ4n) is 1.50. The summed E-state index contributed by atoms with van der Waals surface area (Å²) in [6.45, 7) is 0. The summed E-state index contributed by atoms with van der Waals surface area (Å²) >= 11 is 1.52. The molecule has 0 aliphatic rings. The molecule has 0 radical (unpaired) electrons.